The van der Waals surface area contributed by atoms with Gasteiger partial charge in [-0.1, -0.05) is 0 Å². The largest absolute Gasteiger partial charge is 0.465 e. The van der Waals surface area contributed by atoms with Crippen molar-refractivity contribution in [2.75, 3.05) is 20.2 Å². The van der Waals surface area contributed by atoms with Gasteiger partial charge < -0.3 is 4.74 Å². The Morgan fingerprint density at radius 2 is 1.96 bits per heavy atom. The Labute approximate surface area is 152 Å². The Bertz CT molecular complexity index is 554. The number of hydrogen-bond donors (Lipinski definition) is 0. The van der Waals surface area contributed by atoms with E-state index in [0.717, 1.165) is 21.7 Å². The van der Waals surface area contributed by atoms with Crippen LogP contribution in [0.2, 0.25) is 0 Å². The smallest absolute Gasteiger partial charge is 0.340 e. The van der Waals surface area contributed by atoms with Crippen molar-refractivity contribution in [1.82, 2.24) is 4.90 Å². The predicted molar refractivity (Wildman–Crippen MR) is 100 cm³/mol. The van der Waals surface area contributed by atoms with Gasteiger partial charge in [0.05, 0.1) is 16.5 Å². The Kier molecular flexibility index (Phi) is 6.31. The van der Waals surface area contributed by atoms with Crippen molar-refractivity contribution in [2.45, 2.75) is 58.9 Å². The predicted octanol–water partition coefficient (Wildman–Crippen LogP) is 5.05. The van der Waals surface area contributed by atoms with Crippen LogP contribution in [0.15, 0.2) is 3.79 Å². The van der Waals surface area contributed by atoms with Gasteiger partial charge in [-0.3, -0.25) is 4.90 Å². The number of piperidine rings is 1. The van der Waals surface area contributed by atoms with Gasteiger partial charge in [0.2, 0.25) is 0 Å². The summed E-state index contributed by atoms with van der Waals surface area (Å²) in [6, 6.07) is 0. The van der Waals surface area contributed by atoms with Crippen LogP contribution in [0.3, 0.4) is 0 Å². The maximum Gasteiger partial charge on any atom is 0.340 e. The van der Waals surface area contributed by atoms with E-state index in [0.29, 0.717) is 5.56 Å². The molecule has 0 saturated carbocycles. The van der Waals surface area contributed by atoms with E-state index in [1.54, 1.807) is 11.3 Å². The molecule has 2 rings (SSSR count). The van der Waals surface area contributed by atoms with Gasteiger partial charge in [-0.05, 0) is 93.9 Å². The molecule has 0 spiro atoms. The minimum atomic E-state index is -0.240. The highest BCUT2D eigenvalue weighted by atomic mass is 79.9. The quantitative estimate of drug-likeness (QED) is 0.661. The molecule has 130 valence electrons. The third-order valence-corrected chi connectivity index (χ3v) is 6.96. The van der Waals surface area contributed by atoms with Crippen LogP contribution >= 0.6 is 27.3 Å². The highest BCUT2D eigenvalue weighted by Gasteiger charge is 2.27. The van der Waals surface area contributed by atoms with Gasteiger partial charge in [0.25, 0.3) is 0 Å². The van der Waals surface area contributed by atoms with E-state index in [9.17, 15) is 4.79 Å². The topological polar surface area (TPSA) is 29.5 Å². The van der Waals surface area contributed by atoms with Gasteiger partial charge in [-0.2, -0.15) is 0 Å². The molecule has 0 N–H and O–H groups in total. The lowest BCUT2D eigenvalue weighted by atomic mass is 9.89. The molecule has 0 amide bonds. The standard InChI is InChI=1S/C18H28BrNO2S/c1-12-14(23-16(19)15(12)17(21)22-5)7-6-13-8-10-20(11-9-13)18(2,3)4/h13H,6-11H2,1-5H3. The first-order valence-corrected chi connectivity index (χ1v) is 9.96. The summed E-state index contributed by atoms with van der Waals surface area (Å²) >= 11 is 5.20. The summed E-state index contributed by atoms with van der Waals surface area (Å²) in [6.07, 6.45) is 4.85. The molecule has 1 fully saturated rings. The van der Waals surface area contributed by atoms with Gasteiger partial charge >= 0.3 is 5.97 Å². The minimum Gasteiger partial charge on any atom is -0.465 e. The van der Waals surface area contributed by atoms with Crippen molar-refractivity contribution in [3.8, 4) is 0 Å². The molecule has 1 saturated heterocycles. The maximum atomic E-state index is 11.9. The van der Waals surface area contributed by atoms with Crippen LogP contribution in [-0.2, 0) is 11.2 Å². The first kappa shape index (κ1) is 18.9. The zero-order valence-electron chi connectivity index (χ0n) is 14.9. The Balaban J connectivity index is 1.92. The van der Waals surface area contributed by atoms with E-state index in [2.05, 4.69) is 41.6 Å². The highest BCUT2D eigenvalue weighted by Crippen LogP contribution is 2.35. The summed E-state index contributed by atoms with van der Waals surface area (Å²) in [6.45, 7) is 11.3. The molecule has 1 aliphatic heterocycles. The fourth-order valence-corrected chi connectivity index (χ4v) is 5.40. The van der Waals surface area contributed by atoms with Crippen molar-refractivity contribution in [3.63, 3.8) is 0 Å². The fraction of sp³-hybridized carbons (Fsp3) is 0.722. The zero-order chi connectivity index (χ0) is 17.2. The number of ether oxygens (including phenoxy) is 1. The molecule has 0 aliphatic carbocycles. The van der Waals surface area contributed by atoms with Crippen molar-refractivity contribution < 1.29 is 9.53 Å². The van der Waals surface area contributed by atoms with E-state index >= 15 is 0 Å². The highest BCUT2D eigenvalue weighted by molar-refractivity contribution is 9.11. The first-order valence-electron chi connectivity index (χ1n) is 8.35. The fourth-order valence-electron chi connectivity index (χ4n) is 3.32. The van der Waals surface area contributed by atoms with Crippen molar-refractivity contribution >= 4 is 33.2 Å². The number of carbonyl (C=O) groups is 1. The average Bonchev–Trinajstić information content (AvgIpc) is 2.78. The van der Waals surface area contributed by atoms with Crippen LogP contribution < -0.4 is 0 Å². The SMILES string of the molecule is COC(=O)c1c(Br)sc(CCC2CCN(C(C)(C)C)CC2)c1C. The zero-order valence-corrected chi connectivity index (χ0v) is 17.3. The van der Waals surface area contributed by atoms with Crippen LogP contribution in [0.1, 0.15) is 60.8 Å². The van der Waals surface area contributed by atoms with Crippen LogP contribution in [0.25, 0.3) is 0 Å². The van der Waals surface area contributed by atoms with Gasteiger partial charge in [0.1, 0.15) is 0 Å². The second-order valence-corrected chi connectivity index (χ2v) is 9.85. The first-order chi connectivity index (χ1) is 10.7. The summed E-state index contributed by atoms with van der Waals surface area (Å²) in [5, 5.41) is 0. The lowest BCUT2D eigenvalue weighted by Crippen LogP contribution is -2.46. The molecule has 0 atom stereocenters. The van der Waals surface area contributed by atoms with E-state index in [-0.39, 0.29) is 11.5 Å². The third kappa shape index (κ3) is 4.58. The van der Waals surface area contributed by atoms with Crippen LogP contribution in [-0.4, -0.2) is 36.6 Å². The summed E-state index contributed by atoms with van der Waals surface area (Å²) in [5.74, 6) is 0.561. The minimum absolute atomic E-state index is 0.240. The van der Waals surface area contributed by atoms with Gasteiger partial charge in [-0.15, -0.1) is 11.3 Å². The number of hydrogen-bond acceptors (Lipinski definition) is 4. The molecule has 3 nitrogen and oxygen atoms in total. The summed E-state index contributed by atoms with van der Waals surface area (Å²) in [4.78, 5) is 15.8. The van der Waals surface area contributed by atoms with Gasteiger partial charge in [0.15, 0.2) is 0 Å². The molecular weight excluding hydrogens is 374 g/mol. The van der Waals surface area contributed by atoms with Gasteiger partial charge in [0, 0.05) is 10.4 Å². The lowest BCUT2D eigenvalue weighted by Gasteiger charge is -2.41. The molecule has 0 aromatic carbocycles. The number of nitrogens with zero attached hydrogens (tertiary/aromatic N) is 1. The second kappa shape index (κ2) is 7.66. The van der Waals surface area contributed by atoms with Crippen LogP contribution in [0.4, 0.5) is 0 Å². The molecule has 0 radical (unpaired) electrons. The summed E-state index contributed by atoms with van der Waals surface area (Å²) < 4.78 is 5.78. The molecule has 2 heterocycles. The van der Waals surface area contributed by atoms with Gasteiger partial charge in [-0.25, -0.2) is 4.79 Å². The monoisotopic (exact) mass is 401 g/mol. The Hall–Kier alpha value is -0.390. The number of thiophene rings is 1. The van der Waals surface area contributed by atoms with Crippen molar-refractivity contribution in [2.24, 2.45) is 5.92 Å². The van der Waals surface area contributed by atoms with Crippen LogP contribution in [0, 0.1) is 12.8 Å². The van der Waals surface area contributed by atoms with Crippen LogP contribution in [0.5, 0.6) is 0 Å². The number of carbonyl (C=O) groups excluding carboxylic acids is 1. The van der Waals surface area contributed by atoms with Crippen molar-refractivity contribution in [3.05, 3.63) is 19.8 Å². The molecule has 1 aromatic rings. The normalized spacial score (nSPS) is 17.5. The summed E-state index contributed by atoms with van der Waals surface area (Å²) in [7, 11) is 1.44. The Morgan fingerprint density at radius 1 is 1.35 bits per heavy atom. The van der Waals surface area contributed by atoms with E-state index in [1.807, 2.05) is 6.92 Å². The van der Waals surface area contributed by atoms with E-state index in [1.165, 1.54) is 44.3 Å². The molecule has 23 heavy (non-hydrogen) atoms. The summed E-state index contributed by atoms with van der Waals surface area (Å²) in [5.41, 5.74) is 2.08. The Morgan fingerprint density at radius 3 is 2.48 bits per heavy atom. The third-order valence-electron chi connectivity index (χ3n) is 4.93. The molecule has 0 unspecified atom stereocenters. The number of rotatable bonds is 4. The van der Waals surface area contributed by atoms with Crippen molar-refractivity contribution in [1.29, 1.82) is 0 Å². The second-order valence-electron chi connectivity index (χ2n) is 7.43. The number of aryl methyl sites for hydroxylation is 1. The number of halogens is 1. The van der Waals surface area contributed by atoms with E-state index in [4.69, 9.17) is 4.74 Å². The number of esters is 1. The lowest BCUT2D eigenvalue weighted by molar-refractivity contribution is 0.0599. The molecular formula is C18H28BrNO2S. The molecule has 0 bridgehead atoms. The average molecular weight is 402 g/mol. The maximum absolute atomic E-state index is 11.9. The molecule has 5 heteroatoms. The number of methoxy groups -OCH3 is 1. The number of likely N-dealkylation sites (tertiary alicyclic amines) is 1. The van der Waals surface area contributed by atoms with E-state index < -0.39 is 0 Å². The molecule has 1 aliphatic rings. The molecule has 1 aromatic heterocycles.